The Kier molecular flexibility index (Phi) is 13.4. The van der Waals surface area contributed by atoms with Crippen molar-refractivity contribution in [3.63, 3.8) is 0 Å². The van der Waals surface area contributed by atoms with E-state index in [-0.39, 0.29) is 0 Å². The predicted molar refractivity (Wildman–Crippen MR) is 68.1 cm³/mol. The van der Waals surface area contributed by atoms with Gasteiger partial charge in [0.25, 0.3) is 0 Å². The van der Waals surface area contributed by atoms with Gasteiger partial charge in [-0.25, -0.2) is 0 Å². The van der Waals surface area contributed by atoms with Crippen LogP contribution in [0.3, 0.4) is 0 Å². The van der Waals surface area contributed by atoms with Crippen LogP contribution in [-0.4, -0.2) is 11.7 Å². The number of rotatable bonds is 11. The summed E-state index contributed by atoms with van der Waals surface area (Å²) in [6.45, 7) is 2.46. The van der Waals surface area contributed by atoms with E-state index in [9.17, 15) is 0 Å². The maximum absolute atomic E-state index is 8.60. The molecule has 0 saturated heterocycles. The molecule has 0 heterocycles. The highest BCUT2D eigenvalue weighted by atomic mass is 16.2. The van der Waals surface area contributed by atoms with Crippen molar-refractivity contribution in [3.8, 4) is 0 Å². The standard InChI is InChI=1S/C14H28O/c1-2-3-4-5-6-7-8-9-10-11-12-13-14-15/h2-3,15H,4-14H2,1H3. The molecule has 0 fully saturated rings. The van der Waals surface area contributed by atoms with Gasteiger partial charge in [-0.05, 0) is 26.2 Å². The van der Waals surface area contributed by atoms with Crippen LogP contribution in [0.15, 0.2) is 12.2 Å². The van der Waals surface area contributed by atoms with Gasteiger partial charge in [-0.2, -0.15) is 0 Å². The molecule has 0 spiro atoms. The van der Waals surface area contributed by atoms with Crippen LogP contribution < -0.4 is 0 Å². The van der Waals surface area contributed by atoms with Crippen LogP contribution in [0.25, 0.3) is 0 Å². The van der Waals surface area contributed by atoms with E-state index in [1.807, 2.05) is 0 Å². The molecular weight excluding hydrogens is 184 g/mol. The van der Waals surface area contributed by atoms with Crippen LogP contribution in [0, 0.1) is 0 Å². The van der Waals surface area contributed by atoms with E-state index in [1.165, 1.54) is 57.8 Å². The van der Waals surface area contributed by atoms with E-state index < -0.39 is 0 Å². The number of allylic oxidation sites excluding steroid dienone is 2. The number of aliphatic hydroxyl groups is 1. The first-order chi connectivity index (χ1) is 7.41. The molecule has 0 unspecified atom stereocenters. The van der Waals surface area contributed by atoms with Gasteiger partial charge in [0.2, 0.25) is 0 Å². The van der Waals surface area contributed by atoms with Crippen LogP contribution in [0.1, 0.15) is 71.1 Å². The number of unbranched alkanes of at least 4 members (excludes halogenated alkanes) is 9. The molecule has 0 aromatic heterocycles. The van der Waals surface area contributed by atoms with Crippen LogP contribution in [0.2, 0.25) is 0 Å². The van der Waals surface area contributed by atoms with Gasteiger partial charge in [-0.1, -0.05) is 57.1 Å². The third-order valence-corrected chi connectivity index (χ3v) is 2.76. The molecule has 15 heavy (non-hydrogen) atoms. The first-order valence-electron chi connectivity index (χ1n) is 6.64. The fourth-order valence-corrected chi connectivity index (χ4v) is 1.78. The Morgan fingerprint density at radius 2 is 1.20 bits per heavy atom. The van der Waals surface area contributed by atoms with Gasteiger partial charge in [-0.15, -0.1) is 0 Å². The van der Waals surface area contributed by atoms with Gasteiger partial charge in [0, 0.05) is 6.61 Å². The highest BCUT2D eigenvalue weighted by Gasteiger charge is 1.91. The molecule has 0 rings (SSSR count). The molecule has 0 atom stereocenters. The number of aliphatic hydroxyl groups excluding tert-OH is 1. The van der Waals surface area contributed by atoms with Crippen molar-refractivity contribution < 1.29 is 5.11 Å². The van der Waals surface area contributed by atoms with Crippen molar-refractivity contribution in [3.05, 3.63) is 12.2 Å². The molecule has 1 N–H and O–H groups in total. The Morgan fingerprint density at radius 1 is 0.733 bits per heavy atom. The molecule has 0 radical (unpaired) electrons. The minimum absolute atomic E-state index is 0.366. The third kappa shape index (κ3) is 13.7. The molecule has 1 heteroatoms. The van der Waals surface area contributed by atoms with E-state index >= 15 is 0 Å². The average molecular weight is 212 g/mol. The van der Waals surface area contributed by atoms with Gasteiger partial charge in [0.1, 0.15) is 0 Å². The van der Waals surface area contributed by atoms with Crippen LogP contribution in [0.4, 0.5) is 0 Å². The lowest BCUT2D eigenvalue weighted by atomic mass is 10.1. The summed E-state index contributed by atoms with van der Waals surface area (Å²) in [5, 5.41) is 8.60. The highest BCUT2D eigenvalue weighted by Crippen LogP contribution is 2.10. The lowest BCUT2D eigenvalue weighted by Gasteiger charge is -2.00. The van der Waals surface area contributed by atoms with E-state index in [2.05, 4.69) is 19.1 Å². The maximum Gasteiger partial charge on any atom is 0.0431 e. The minimum Gasteiger partial charge on any atom is -0.396 e. The molecule has 0 saturated carbocycles. The Bertz CT molecular complexity index is 129. The Labute approximate surface area is 95.6 Å². The second-order valence-electron chi connectivity index (χ2n) is 4.26. The van der Waals surface area contributed by atoms with Crippen LogP contribution in [0.5, 0.6) is 0 Å². The largest absolute Gasteiger partial charge is 0.396 e. The molecule has 0 aromatic carbocycles. The molecule has 0 aromatic rings. The molecule has 0 aliphatic carbocycles. The van der Waals surface area contributed by atoms with E-state index in [1.54, 1.807) is 0 Å². The lowest BCUT2D eigenvalue weighted by molar-refractivity contribution is 0.282. The second-order valence-corrected chi connectivity index (χ2v) is 4.26. The van der Waals surface area contributed by atoms with Gasteiger partial charge in [0.05, 0.1) is 0 Å². The highest BCUT2D eigenvalue weighted by molar-refractivity contribution is 4.76. The van der Waals surface area contributed by atoms with Gasteiger partial charge < -0.3 is 5.11 Å². The summed E-state index contributed by atoms with van der Waals surface area (Å²) in [5.41, 5.74) is 0. The van der Waals surface area contributed by atoms with Crippen molar-refractivity contribution in [1.82, 2.24) is 0 Å². The Balaban J connectivity index is 2.86. The van der Waals surface area contributed by atoms with E-state index in [4.69, 9.17) is 5.11 Å². The zero-order valence-electron chi connectivity index (χ0n) is 10.4. The topological polar surface area (TPSA) is 20.2 Å². The first kappa shape index (κ1) is 14.7. The summed E-state index contributed by atoms with van der Waals surface area (Å²) in [6, 6.07) is 0. The normalized spacial score (nSPS) is 11.3. The summed E-state index contributed by atoms with van der Waals surface area (Å²) in [7, 11) is 0. The third-order valence-electron chi connectivity index (χ3n) is 2.76. The van der Waals surface area contributed by atoms with Crippen molar-refractivity contribution in [2.24, 2.45) is 0 Å². The fraction of sp³-hybridized carbons (Fsp3) is 0.857. The van der Waals surface area contributed by atoms with E-state index in [0.29, 0.717) is 6.61 Å². The fourth-order valence-electron chi connectivity index (χ4n) is 1.78. The van der Waals surface area contributed by atoms with Gasteiger partial charge >= 0.3 is 0 Å². The quantitative estimate of drug-likeness (QED) is 0.396. The van der Waals surface area contributed by atoms with Crippen molar-refractivity contribution in [2.75, 3.05) is 6.61 Å². The number of hydrogen-bond acceptors (Lipinski definition) is 1. The predicted octanol–water partition coefficient (Wildman–Crippen LogP) is 4.46. The van der Waals surface area contributed by atoms with Gasteiger partial charge in [-0.3, -0.25) is 0 Å². The molecule has 0 aliphatic rings. The Hall–Kier alpha value is -0.300. The van der Waals surface area contributed by atoms with Gasteiger partial charge in [0.15, 0.2) is 0 Å². The summed E-state index contributed by atoms with van der Waals surface area (Å²) in [6.07, 6.45) is 17.4. The molecular formula is C14H28O. The van der Waals surface area contributed by atoms with Crippen molar-refractivity contribution in [2.45, 2.75) is 71.1 Å². The van der Waals surface area contributed by atoms with Crippen LogP contribution in [-0.2, 0) is 0 Å². The summed E-state index contributed by atoms with van der Waals surface area (Å²) >= 11 is 0. The zero-order chi connectivity index (χ0) is 11.2. The number of hydrogen-bond donors (Lipinski definition) is 1. The molecule has 1 nitrogen and oxygen atoms in total. The smallest absolute Gasteiger partial charge is 0.0431 e. The van der Waals surface area contributed by atoms with Crippen LogP contribution >= 0.6 is 0 Å². The second kappa shape index (κ2) is 13.7. The minimum atomic E-state index is 0.366. The molecule has 90 valence electrons. The van der Waals surface area contributed by atoms with Crippen molar-refractivity contribution in [1.29, 1.82) is 0 Å². The zero-order valence-corrected chi connectivity index (χ0v) is 10.4. The SMILES string of the molecule is CC=CCCCCCCCCCCCO. The first-order valence-corrected chi connectivity index (χ1v) is 6.64. The molecule has 0 bridgehead atoms. The average Bonchev–Trinajstić information content (AvgIpc) is 2.26. The molecule has 0 aliphatic heterocycles. The summed E-state index contributed by atoms with van der Waals surface area (Å²) in [4.78, 5) is 0. The monoisotopic (exact) mass is 212 g/mol. The summed E-state index contributed by atoms with van der Waals surface area (Å²) < 4.78 is 0. The molecule has 0 amide bonds. The summed E-state index contributed by atoms with van der Waals surface area (Å²) in [5.74, 6) is 0. The van der Waals surface area contributed by atoms with Crippen molar-refractivity contribution >= 4 is 0 Å². The maximum atomic E-state index is 8.60. The Morgan fingerprint density at radius 3 is 1.67 bits per heavy atom. The lowest BCUT2D eigenvalue weighted by Crippen LogP contribution is -1.84. The van der Waals surface area contributed by atoms with E-state index in [0.717, 1.165) is 6.42 Å².